The Morgan fingerprint density at radius 1 is 1.25 bits per heavy atom. The Hall–Kier alpha value is -3.15. The lowest BCUT2D eigenvalue weighted by molar-refractivity contribution is 0.0188. The van der Waals surface area contributed by atoms with Gasteiger partial charge in [-0.05, 0) is 39.7 Å². The maximum atomic E-state index is 12.7. The van der Waals surface area contributed by atoms with Gasteiger partial charge in [-0.1, -0.05) is 0 Å². The van der Waals surface area contributed by atoms with E-state index in [1.165, 1.54) is 22.4 Å². The molecule has 1 saturated heterocycles. The van der Waals surface area contributed by atoms with Crippen LogP contribution in [0.25, 0.3) is 11.2 Å². The average Bonchev–Trinajstić information content (AvgIpc) is 2.65. The van der Waals surface area contributed by atoms with E-state index in [9.17, 15) is 14.4 Å². The maximum absolute atomic E-state index is 12.7. The summed E-state index contributed by atoms with van der Waals surface area (Å²) >= 11 is 0. The van der Waals surface area contributed by atoms with Crippen molar-refractivity contribution in [2.45, 2.75) is 45.3 Å². The molecular weight excluding hydrogens is 362 g/mol. The monoisotopic (exact) mass is 385 g/mol. The fourth-order valence-electron chi connectivity index (χ4n) is 3.36. The molecule has 1 aliphatic rings. The summed E-state index contributed by atoms with van der Waals surface area (Å²) in [5.74, 6) is 0. The molecule has 0 spiro atoms. The number of pyridine rings is 1. The number of likely N-dealkylation sites (tertiary alicyclic amines) is 1. The minimum Gasteiger partial charge on any atom is -0.444 e. The van der Waals surface area contributed by atoms with Crippen molar-refractivity contribution in [1.82, 2.24) is 19.0 Å². The summed E-state index contributed by atoms with van der Waals surface area (Å²) in [6.07, 6.45) is 2.01. The predicted octanol–water partition coefficient (Wildman–Crippen LogP) is 1.54. The van der Waals surface area contributed by atoms with Crippen LogP contribution in [-0.2, 0) is 11.8 Å². The fraction of sp³-hybridized carbons (Fsp3) is 0.526. The van der Waals surface area contributed by atoms with Gasteiger partial charge in [0.2, 0.25) is 0 Å². The van der Waals surface area contributed by atoms with Gasteiger partial charge in [-0.2, -0.15) is 5.26 Å². The van der Waals surface area contributed by atoms with E-state index in [-0.39, 0.29) is 12.1 Å². The third kappa shape index (κ3) is 3.63. The molecule has 0 saturated carbocycles. The van der Waals surface area contributed by atoms with Crippen molar-refractivity contribution in [3.05, 3.63) is 38.5 Å². The molecular formula is C19H23N5O4. The van der Waals surface area contributed by atoms with Gasteiger partial charge in [0.1, 0.15) is 11.7 Å². The lowest BCUT2D eigenvalue weighted by Crippen LogP contribution is -2.46. The van der Waals surface area contributed by atoms with Gasteiger partial charge in [0, 0.05) is 32.4 Å². The zero-order chi connectivity index (χ0) is 20.6. The fourth-order valence-corrected chi connectivity index (χ4v) is 3.36. The first-order valence-electron chi connectivity index (χ1n) is 9.11. The molecule has 0 aliphatic carbocycles. The number of fused-ring (bicyclic) bond motifs is 1. The van der Waals surface area contributed by atoms with E-state index in [0.29, 0.717) is 42.7 Å². The van der Waals surface area contributed by atoms with Gasteiger partial charge in [0.15, 0.2) is 5.65 Å². The summed E-state index contributed by atoms with van der Waals surface area (Å²) in [5.41, 5.74) is -0.788. The summed E-state index contributed by atoms with van der Waals surface area (Å²) in [7, 11) is 1.49. The molecule has 3 heterocycles. The molecule has 1 fully saturated rings. The second-order valence-electron chi connectivity index (χ2n) is 7.92. The molecule has 2 aromatic heterocycles. The van der Waals surface area contributed by atoms with Gasteiger partial charge >= 0.3 is 17.2 Å². The van der Waals surface area contributed by atoms with Crippen molar-refractivity contribution in [3.8, 4) is 6.07 Å². The van der Waals surface area contributed by atoms with E-state index in [2.05, 4.69) is 4.98 Å². The second-order valence-corrected chi connectivity index (χ2v) is 7.92. The number of nitrogens with zero attached hydrogens (tertiary/aromatic N) is 5. The molecule has 28 heavy (non-hydrogen) atoms. The second kappa shape index (κ2) is 7.11. The number of aryl methyl sites for hydroxylation is 1. The molecule has 0 atom stereocenters. The van der Waals surface area contributed by atoms with Crippen LogP contribution in [0.3, 0.4) is 0 Å². The minimum atomic E-state index is -0.668. The minimum absolute atomic E-state index is 0.261. The van der Waals surface area contributed by atoms with Crippen molar-refractivity contribution >= 4 is 17.3 Å². The van der Waals surface area contributed by atoms with E-state index in [0.717, 1.165) is 0 Å². The van der Waals surface area contributed by atoms with Crippen molar-refractivity contribution in [3.63, 3.8) is 0 Å². The quantitative estimate of drug-likeness (QED) is 0.689. The zero-order valence-electron chi connectivity index (χ0n) is 16.4. The Morgan fingerprint density at radius 2 is 1.89 bits per heavy atom. The molecule has 0 bridgehead atoms. The van der Waals surface area contributed by atoms with Gasteiger partial charge in [-0.3, -0.25) is 14.2 Å². The molecule has 0 aromatic carbocycles. The number of rotatable bonds is 1. The van der Waals surface area contributed by atoms with Gasteiger partial charge in [0.25, 0.3) is 0 Å². The highest BCUT2D eigenvalue weighted by atomic mass is 16.6. The van der Waals surface area contributed by atoms with Crippen LogP contribution in [0.5, 0.6) is 0 Å². The third-order valence-electron chi connectivity index (χ3n) is 4.75. The van der Waals surface area contributed by atoms with E-state index in [4.69, 9.17) is 10.00 Å². The lowest BCUT2D eigenvalue weighted by atomic mass is 10.0. The highest BCUT2D eigenvalue weighted by Crippen LogP contribution is 2.25. The van der Waals surface area contributed by atoms with Crippen LogP contribution in [0.2, 0.25) is 0 Å². The lowest BCUT2D eigenvalue weighted by Gasteiger charge is -2.34. The highest BCUT2D eigenvalue weighted by Gasteiger charge is 2.29. The number of piperidine rings is 1. The molecule has 9 nitrogen and oxygen atoms in total. The number of ether oxygens (including phenoxy) is 1. The topological polar surface area (TPSA) is 110 Å². The van der Waals surface area contributed by atoms with Crippen LogP contribution in [0, 0.1) is 11.3 Å². The van der Waals surface area contributed by atoms with Crippen molar-refractivity contribution < 1.29 is 9.53 Å². The number of carbonyl (C=O) groups excluding carboxylic acids is 1. The molecule has 2 aromatic rings. The van der Waals surface area contributed by atoms with Crippen LogP contribution in [0.4, 0.5) is 4.79 Å². The van der Waals surface area contributed by atoms with Crippen LogP contribution in [0.1, 0.15) is 45.2 Å². The first-order valence-corrected chi connectivity index (χ1v) is 9.11. The Morgan fingerprint density at radius 3 is 2.46 bits per heavy atom. The number of amides is 1. The molecule has 3 rings (SSSR count). The molecule has 9 heteroatoms. The van der Waals surface area contributed by atoms with E-state index >= 15 is 0 Å². The van der Waals surface area contributed by atoms with Gasteiger partial charge in [-0.25, -0.2) is 9.78 Å². The molecule has 148 valence electrons. The van der Waals surface area contributed by atoms with Crippen LogP contribution >= 0.6 is 0 Å². The largest absolute Gasteiger partial charge is 0.444 e. The summed E-state index contributed by atoms with van der Waals surface area (Å²) < 4.78 is 8.02. The SMILES string of the molecule is Cn1c(=O)c(=O)n(C2CCN(C(=O)OC(C)(C)C)CC2)c2ncc(C#N)cc21. The standard InChI is InChI=1S/C19H23N5O4/c1-19(2,3)28-18(27)23-7-5-13(6-8-23)24-15-14(9-12(10-20)11-21-15)22(4)16(25)17(24)26/h9,11,13H,5-8H2,1-4H3. The van der Waals surface area contributed by atoms with E-state index < -0.39 is 16.7 Å². The Kier molecular flexibility index (Phi) is 4.98. The Balaban J connectivity index is 1.94. The smallest absolute Gasteiger partial charge is 0.410 e. The Bertz CT molecular complexity index is 1080. The summed E-state index contributed by atoms with van der Waals surface area (Å²) in [6, 6.07) is 3.28. The van der Waals surface area contributed by atoms with Crippen molar-refractivity contribution in [1.29, 1.82) is 5.26 Å². The van der Waals surface area contributed by atoms with Crippen LogP contribution in [0.15, 0.2) is 21.9 Å². The number of hydrogen-bond acceptors (Lipinski definition) is 6. The molecule has 0 radical (unpaired) electrons. The van der Waals surface area contributed by atoms with Crippen LogP contribution in [-0.4, -0.2) is 43.8 Å². The number of aromatic nitrogens is 3. The normalized spacial score (nSPS) is 15.5. The van der Waals surface area contributed by atoms with Gasteiger partial charge < -0.3 is 14.2 Å². The summed E-state index contributed by atoms with van der Waals surface area (Å²) in [6.45, 7) is 6.26. The molecule has 1 amide bonds. The van der Waals surface area contributed by atoms with Crippen molar-refractivity contribution in [2.24, 2.45) is 7.05 Å². The predicted molar refractivity (Wildman–Crippen MR) is 102 cm³/mol. The maximum Gasteiger partial charge on any atom is 0.410 e. The van der Waals surface area contributed by atoms with Gasteiger partial charge in [-0.15, -0.1) is 0 Å². The first kappa shape index (κ1) is 19.6. The highest BCUT2D eigenvalue weighted by molar-refractivity contribution is 5.72. The summed E-state index contributed by atoms with van der Waals surface area (Å²) in [4.78, 5) is 43.2. The molecule has 1 aliphatic heterocycles. The summed E-state index contributed by atoms with van der Waals surface area (Å²) in [5, 5.41) is 9.10. The molecule has 0 unspecified atom stereocenters. The van der Waals surface area contributed by atoms with E-state index in [1.54, 1.807) is 11.0 Å². The zero-order valence-corrected chi connectivity index (χ0v) is 16.4. The van der Waals surface area contributed by atoms with E-state index in [1.807, 2.05) is 26.8 Å². The molecule has 0 N–H and O–H groups in total. The number of hydrogen-bond donors (Lipinski definition) is 0. The van der Waals surface area contributed by atoms with Crippen molar-refractivity contribution in [2.75, 3.05) is 13.1 Å². The average molecular weight is 385 g/mol. The van der Waals surface area contributed by atoms with Gasteiger partial charge in [0.05, 0.1) is 11.1 Å². The number of nitriles is 1. The Labute approximate surface area is 161 Å². The first-order chi connectivity index (χ1) is 13.1. The van der Waals surface area contributed by atoms with Crippen LogP contribution < -0.4 is 11.1 Å². The number of carbonyl (C=O) groups is 1. The third-order valence-corrected chi connectivity index (χ3v) is 4.75.